The maximum atomic E-state index is 11.3. The molecule has 0 aliphatic heterocycles. The van der Waals surface area contributed by atoms with Crippen LogP contribution in [0.25, 0.3) is 0 Å². The summed E-state index contributed by atoms with van der Waals surface area (Å²) in [5, 5.41) is 12.3. The summed E-state index contributed by atoms with van der Waals surface area (Å²) >= 11 is 0. The molecule has 0 aromatic rings. The van der Waals surface area contributed by atoms with Gasteiger partial charge in [0.25, 0.3) is 0 Å². The zero-order chi connectivity index (χ0) is 13.4. The molecule has 1 amide bonds. The van der Waals surface area contributed by atoms with E-state index in [1.54, 1.807) is 7.05 Å². The molecule has 2 N–H and O–H groups in total. The lowest BCUT2D eigenvalue weighted by molar-refractivity contribution is -0.124. The highest BCUT2D eigenvalue weighted by Gasteiger charge is 2.16. The second kappa shape index (κ2) is 8.44. The Hall–Kier alpha value is -0.650. The minimum absolute atomic E-state index is 0.0183. The van der Waals surface area contributed by atoms with Crippen LogP contribution in [0.3, 0.4) is 0 Å². The lowest BCUT2D eigenvalue weighted by atomic mass is 10.1. The van der Waals surface area contributed by atoms with Gasteiger partial charge in [0.1, 0.15) is 0 Å². The number of likely N-dealkylation sites (N-methyl/N-ethyl adjacent to an activating group) is 1. The molecular formula is C12H26N2O3. The molecule has 0 saturated carbocycles. The summed E-state index contributed by atoms with van der Waals surface area (Å²) in [5.74, 6) is -0.0620. The maximum Gasteiger partial charge on any atom is 0.223 e. The van der Waals surface area contributed by atoms with Gasteiger partial charge in [0, 0.05) is 26.1 Å². The molecule has 0 aliphatic rings. The van der Waals surface area contributed by atoms with Crippen LogP contribution in [0.2, 0.25) is 0 Å². The fourth-order valence-electron chi connectivity index (χ4n) is 1.59. The van der Waals surface area contributed by atoms with Crippen LogP contribution in [-0.2, 0) is 9.53 Å². The zero-order valence-corrected chi connectivity index (χ0v) is 11.6. The Morgan fingerprint density at radius 3 is 2.41 bits per heavy atom. The van der Waals surface area contributed by atoms with Gasteiger partial charge in [-0.1, -0.05) is 6.92 Å². The quantitative estimate of drug-likeness (QED) is 0.637. The van der Waals surface area contributed by atoms with Crippen molar-refractivity contribution in [2.75, 3.05) is 33.8 Å². The fourth-order valence-corrected chi connectivity index (χ4v) is 1.59. The first-order chi connectivity index (χ1) is 7.86. The summed E-state index contributed by atoms with van der Waals surface area (Å²) in [6, 6.07) is 0. The van der Waals surface area contributed by atoms with Crippen molar-refractivity contribution >= 4 is 5.91 Å². The minimum Gasteiger partial charge on any atom is -0.389 e. The number of aliphatic hydroxyl groups excluding tert-OH is 1. The third kappa shape index (κ3) is 8.12. The molecule has 2 unspecified atom stereocenters. The summed E-state index contributed by atoms with van der Waals surface area (Å²) in [5.41, 5.74) is 0. The molecule has 5 heteroatoms. The first-order valence-electron chi connectivity index (χ1n) is 6.06. The molecule has 0 aliphatic carbocycles. The molecule has 0 rings (SSSR count). The zero-order valence-electron chi connectivity index (χ0n) is 11.6. The summed E-state index contributed by atoms with van der Waals surface area (Å²) in [6.45, 7) is 7.20. The van der Waals surface area contributed by atoms with E-state index in [0.29, 0.717) is 19.7 Å². The number of carbonyl (C=O) groups is 1. The molecule has 0 fully saturated rings. The minimum atomic E-state index is -0.515. The van der Waals surface area contributed by atoms with Gasteiger partial charge in [-0.05, 0) is 20.9 Å². The van der Waals surface area contributed by atoms with Crippen LogP contribution in [-0.4, -0.2) is 61.9 Å². The maximum absolute atomic E-state index is 11.3. The van der Waals surface area contributed by atoms with E-state index in [0.717, 1.165) is 0 Å². The molecule has 0 bridgehead atoms. The number of nitrogens with one attached hydrogen (secondary N) is 1. The Morgan fingerprint density at radius 2 is 1.94 bits per heavy atom. The van der Waals surface area contributed by atoms with Crippen molar-refractivity contribution in [2.45, 2.75) is 33.0 Å². The number of aliphatic hydroxyl groups is 1. The fraction of sp³-hybridized carbons (Fsp3) is 0.917. The van der Waals surface area contributed by atoms with E-state index in [1.807, 2.05) is 32.7 Å². The molecule has 0 aromatic heterocycles. The molecule has 0 spiro atoms. The van der Waals surface area contributed by atoms with E-state index in [1.165, 1.54) is 0 Å². The van der Waals surface area contributed by atoms with Gasteiger partial charge in [-0.3, -0.25) is 4.79 Å². The number of hydrogen-bond acceptors (Lipinski definition) is 4. The summed E-state index contributed by atoms with van der Waals surface area (Å²) < 4.78 is 5.32. The number of hydrogen-bond donors (Lipinski definition) is 2. The van der Waals surface area contributed by atoms with Crippen molar-refractivity contribution in [3.05, 3.63) is 0 Å². The van der Waals surface area contributed by atoms with Gasteiger partial charge in [-0.25, -0.2) is 0 Å². The van der Waals surface area contributed by atoms with Gasteiger partial charge in [0.2, 0.25) is 5.91 Å². The first-order valence-corrected chi connectivity index (χ1v) is 6.06. The number of amides is 1. The molecule has 2 atom stereocenters. The Morgan fingerprint density at radius 1 is 1.35 bits per heavy atom. The van der Waals surface area contributed by atoms with Gasteiger partial charge >= 0.3 is 0 Å². The Balaban J connectivity index is 3.84. The second-order valence-electron chi connectivity index (χ2n) is 4.77. The highest BCUT2D eigenvalue weighted by atomic mass is 16.5. The second-order valence-corrected chi connectivity index (χ2v) is 4.77. The number of ether oxygens (including phenoxy) is 1. The lowest BCUT2D eigenvalue weighted by Gasteiger charge is -2.23. The van der Waals surface area contributed by atoms with Crippen molar-refractivity contribution in [1.82, 2.24) is 10.2 Å². The Kier molecular flexibility index (Phi) is 8.12. The van der Waals surface area contributed by atoms with Gasteiger partial charge in [-0.15, -0.1) is 0 Å². The predicted molar refractivity (Wildman–Crippen MR) is 67.8 cm³/mol. The largest absolute Gasteiger partial charge is 0.389 e. The van der Waals surface area contributed by atoms with Crippen molar-refractivity contribution in [3.63, 3.8) is 0 Å². The number of nitrogens with zero attached hydrogens (tertiary/aromatic N) is 1. The average Bonchev–Trinajstić information content (AvgIpc) is 2.24. The molecule has 0 radical (unpaired) electrons. The van der Waals surface area contributed by atoms with Gasteiger partial charge < -0.3 is 20.1 Å². The third-order valence-corrected chi connectivity index (χ3v) is 2.42. The lowest BCUT2D eigenvalue weighted by Crippen LogP contribution is -2.39. The van der Waals surface area contributed by atoms with E-state index in [2.05, 4.69) is 5.32 Å². The van der Waals surface area contributed by atoms with Crippen LogP contribution >= 0.6 is 0 Å². The SMILES string of the molecule is CNC(=O)C(C)CN(C)CC(O)COC(C)C. The highest BCUT2D eigenvalue weighted by Crippen LogP contribution is 2.00. The van der Waals surface area contributed by atoms with Crippen molar-refractivity contribution < 1.29 is 14.6 Å². The smallest absolute Gasteiger partial charge is 0.223 e. The van der Waals surface area contributed by atoms with E-state index < -0.39 is 6.10 Å². The molecular weight excluding hydrogens is 220 g/mol. The molecule has 17 heavy (non-hydrogen) atoms. The van der Waals surface area contributed by atoms with Crippen LogP contribution in [0.1, 0.15) is 20.8 Å². The molecule has 102 valence electrons. The molecule has 5 nitrogen and oxygen atoms in total. The van der Waals surface area contributed by atoms with E-state index in [4.69, 9.17) is 4.74 Å². The van der Waals surface area contributed by atoms with Crippen LogP contribution < -0.4 is 5.32 Å². The Labute approximate surface area is 104 Å². The third-order valence-electron chi connectivity index (χ3n) is 2.42. The average molecular weight is 246 g/mol. The van der Waals surface area contributed by atoms with E-state index in [-0.39, 0.29) is 17.9 Å². The van der Waals surface area contributed by atoms with Crippen LogP contribution in [0.4, 0.5) is 0 Å². The molecule has 0 aromatic carbocycles. The Bertz CT molecular complexity index is 222. The topological polar surface area (TPSA) is 61.8 Å². The van der Waals surface area contributed by atoms with Crippen molar-refractivity contribution in [1.29, 1.82) is 0 Å². The highest BCUT2D eigenvalue weighted by molar-refractivity contribution is 5.78. The standard InChI is InChI=1S/C12H26N2O3/c1-9(2)17-8-11(15)7-14(5)6-10(3)12(16)13-4/h9-11,15H,6-8H2,1-5H3,(H,13,16). The first kappa shape index (κ1) is 16.4. The van der Waals surface area contributed by atoms with Crippen LogP contribution in [0, 0.1) is 5.92 Å². The van der Waals surface area contributed by atoms with E-state index >= 15 is 0 Å². The predicted octanol–water partition coefficient (Wildman–Crippen LogP) is 0.0862. The number of rotatable bonds is 8. The van der Waals surface area contributed by atoms with Gasteiger partial charge in [-0.2, -0.15) is 0 Å². The summed E-state index contributed by atoms with van der Waals surface area (Å²) in [6.07, 6.45) is -0.390. The van der Waals surface area contributed by atoms with Crippen LogP contribution in [0.5, 0.6) is 0 Å². The summed E-state index contributed by atoms with van der Waals surface area (Å²) in [4.78, 5) is 13.3. The van der Waals surface area contributed by atoms with Gasteiger partial charge in [0.15, 0.2) is 0 Å². The number of carbonyl (C=O) groups excluding carboxylic acids is 1. The van der Waals surface area contributed by atoms with Crippen molar-refractivity contribution in [3.8, 4) is 0 Å². The monoisotopic (exact) mass is 246 g/mol. The van der Waals surface area contributed by atoms with Gasteiger partial charge in [0.05, 0.1) is 18.8 Å². The molecule has 0 heterocycles. The summed E-state index contributed by atoms with van der Waals surface area (Å²) in [7, 11) is 3.52. The molecule has 0 saturated heterocycles. The van der Waals surface area contributed by atoms with E-state index in [9.17, 15) is 9.90 Å². The van der Waals surface area contributed by atoms with Crippen molar-refractivity contribution in [2.24, 2.45) is 5.92 Å². The normalized spacial score (nSPS) is 15.1. The van der Waals surface area contributed by atoms with Crippen LogP contribution in [0.15, 0.2) is 0 Å².